The number of amides is 1. The number of anilines is 1. The van der Waals surface area contributed by atoms with Crippen LogP contribution in [-0.2, 0) is 4.79 Å². The quantitative estimate of drug-likeness (QED) is 0.936. The predicted octanol–water partition coefficient (Wildman–Crippen LogP) is 3.44. The molecule has 0 heterocycles. The number of halogens is 1. The second-order valence-electron chi connectivity index (χ2n) is 5.16. The Labute approximate surface area is 122 Å². The van der Waals surface area contributed by atoms with Gasteiger partial charge in [0.25, 0.3) is 0 Å². The van der Waals surface area contributed by atoms with E-state index in [1.807, 2.05) is 30.3 Å². The highest BCUT2D eigenvalue weighted by Crippen LogP contribution is 2.47. The third-order valence-corrected chi connectivity index (χ3v) is 3.71. The molecule has 104 valence electrons. The van der Waals surface area contributed by atoms with Crippen LogP contribution in [0, 0.1) is 23.1 Å². The molecule has 1 fully saturated rings. The highest BCUT2D eigenvalue weighted by Gasteiger charge is 2.43. The summed E-state index contributed by atoms with van der Waals surface area (Å²) in [5.41, 5.74) is 1.55. The average molecular weight is 280 g/mol. The Bertz CT molecular complexity index is 721. The van der Waals surface area contributed by atoms with Crippen LogP contribution in [0.25, 0.3) is 0 Å². The lowest BCUT2D eigenvalue weighted by Gasteiger charge is -2.06. The average Bonchev–Trinajstić information content (AvgIpc) is 3.31. The van der Waals surface area contributed by atoms with E-state index in [-0.39, 0.29) is 23.3 Å². The van der Waals surface area contributed by atoms with Gasteiger partial charge < -0.3 is 5.32 Å². The van der Waals surface area contributed by atoms with Crippen molar-refractivity contribution in [2.24, 2.45) is 5.92 Å². The SMILES string of the molecule is N#Cc1cc(NC(=O)C2CC2c2ccccc2)ccc1F. The van der Waals surface area contributed by atoms with E-state index in [1.54, 1.807) is 6.07 Å². The number of carbonyl (C=O) groups excluding carboxylic acids is 1. The van der Waals surface area contributed by atoms with Crippen LogP contribution in [0.1, 0.15) is 23.5 Å². The van der Waals surface area contributed by atoms with Gasteiger partial charge in [0.1, 0.15) is 11.9 Å². The van der Waals surface area contributed by atoms with Crippen LogP contribution in [-0.4, -0.2) is 5.91 Å². The normalized spacial score (nSPS) is 19.6. The molecule has 0 radical (unpaired) electrons. The Morgan fingerprint density at radius 2 is 2.00 bits per heavy atom. The maximum absolute atomic E-state index is 13.2. The highest BCUT2D eigenvalue weighted by atomic mass is 19.1. The maximum atomic E-state index is 13.2. The van der Waals surface area contributed by atoms with Crippen LogP contribution in [0.4, 0.5) is 10.1 Å². The summed E-state index contributed by atoms with van der Waals surface area (Å²) in [7, 11) is 0. The van der Waals surface area contributed by atoms with E-state index in [2.05, 4.69) is 5.32 Å². The van der Waals surface area contributed by atoms with Crippen molar-refractivity contribution >= 4 is 11.6 Å². The standard InChI is InChI=1S/C17H13FN2O/c18-16-7-6-13(8-12(16)10-19)20-17(21)15-9-14(15)11-4-2-1-3-5-11/h1-8,14-15H,9H2,(H,20,21). The summed E-state index contributed by atoms with van der Waals surface area (Å²) in [5.74, 6) is -0.464. The zero-order valence-corrected chi connectivity index (χ0v) is 11.2. The summed E-state index contributed by atoms with van der Waals surface area (Å²) in [4.78, 5) is 12.2. The highest BCUT2D eigenvalue weighted by molar-refractivity contribution is 5.95. The van der Waals surface area contributed by atoms with E-state index < -0.39 is 5.82 Å². The van der Waals surface area contributed by atoms with Crippen LogP contribution in [0.2, 0.25) is 0 Å². The predicted molar refractivity (Wildman–Crippen MR) is 77.0 cm³/mol. The molecule has 3 rings (SSSR count). The fourth-order valence-corrected chi connectivity index (χ4v) is 2.48. The fraction of sp³-hybridized carbons (Fsp3) is 0.176. The molecule has 0 aromatic heterocycles. The molecule has 1 amide bonds. The van der Waals surface area contributed by atoms with Gasteiger partial charge in [-0.2, -0.15) is 5.26 Å². The monoisotopic (exact) mass is 280 g/mol. The van der Waals surface area contributed by atoms with E-state index in [0.29, 0.717) is 5.69 Å². The lowest BCUT2D eigenvalue weighted by atomic mass is 10.1. The largest absolute Gasteiger partial charge is 0.326 e. The van der Waals surface area contributed by atoms with Gasteiger partial charge in [0, 0.05) is 11.6 Å². The summed E-state index contributed by atoms with van der Waals surface area (Å²) in [6.45, 7) is 0. The summed E-state index contributed by atoms with van der Waals surface area (Å²) in [6, 6.07) is 15.7. The molecule has 0 saturated heterocycles. The molecular weight excluding hydrogens is 267 g/mol. The van der Waals surface area contributed by atoms with Crippen molar-refractivity contribution in [3.8, 4) is 6.07 Å². The van der Waals surface area contributed by atoms with Gasteiger partial charge >= 0.3 is 0 Å². The molecule has 2 atom stereocenters. The Balaban J connectivity index is 1.67. The second-order valence-corrected chi connectivity index (χ2v) is 5.16. The Kier molecular flexibility index (Phi) is 3.41. The first kappa shape index (κ1) is 13.3. The minimum Gasteiger partial charge on any atom is -0.326 e. The lowest BCUT2D eigenvalue weighted by Crippen LogP contribution is -2.14. The van der Waals surface area contributed by atoms with Gasteiger partial charge in [0.05, 0.1) is 5.56 Å². The minimum atomic E-state index is -0.580. The summed E-state index contributed by atoms with van der Waals surface area (Å²) < 4.78 is 13.2. The van der Waals surface area contributed by atoms with E-state index in [0.717, 1.165) is 12.0 Å². The maximum Gasteiger partial charge on any atom is 0.228 e. The van der Waals surface area contributed by atoms with Crippen LogP contribution < -0.4 is 5.32 Å². The Hall–Kier alpha value is -2.67. The molecule has 21 heavy (non-hydrogen) atoms. The van der Waals surface area contributed by atoms with Gasteiger partial charge in [-0.3, -0.25) is 4.79 Å². The lowest BCUT2D eigenvalue weighted by molar-refractivity contribution is -0.117. The molecule has 1 aliphatic carbocycles. The third-order valence-electron chi connectivity index (χ3n) is 3.71. The van der Waals surface area contributed by atoms with Crippen molar-refractivity contribution in [1.82, 2.24) is 0 Å². The third kappa shape index (κ3) is 2.77. The number of nitrogens with zero attached hydrogens (tertiary/aromatic N) is 1. The molecule has 0 spiro atoms. The number of carbonyl (C=O) groups is 1. The van der Waals surface area contributed by atoms with E-state index in [1.165, 1.54) is 18.2 Å². The molecule has 2 unspecified atom stereocenters. The smallest absolute Gasteiger partial charge is 0.228 e. The first-order valence-electron chi connectivity index (χ1n) is 6.74. The Morgan fingerprint density at radius 3 is 2.71 bits per heavy atom. The van der Waals surface area contributed by atoms with Crippen molar-refractivity contribution in [2.75, 3.05) is 5.32 Å². The fourth-order valence-electron chi connectivity index (χ4n) is 2.48. The van der Waals surface area contributed by atoms with Crippen molar-refractivity contribution in [3.05, 3.63) is 65.5 Å². The van der Waals surface area contributed by atoms with Crippen molar-refractivity contribution < 1.29 is 9.18 Å². The first-order chi connectivity index (χ1) is 10.2. The number of hydrogen-bond acceptors (Lipinski definition) is 2. The van der Waals surface area contributed by atoms with Gasteiger partial charge in [0.2, 0.25) is 5.91 Å². The number of rotatable bonds is 3. The molecule has 0 bridgehead atoms. The van der Waals surface area contributed by atoms with Crippen LogP contribution in [0.5, 0.6) is 0 Å². The number of nitrogens with one attached hydrogen (secondary N) is 1. The molecule has 4 heteroatoms. The van der Waals surface area contributed by atoms with Crippen LogP contribution in [0.15, 0.2) is 48.5 Å². The van der Waals surface area contributed by atoms with Crippen LogP contribution >= 0.6 is 0 Å². The number of hydrogen-bond donors (Lipinski definition) is 1. The topological polar surface area (TPSA) is 52.9 Å². The van der Waals surface area contributed by atoms with Crippen molar-refractivity contribution in [3.63, 3.8) is 0 Å². The van der Waals surface area contributed by atoms with Gasteiger partial charge in [-0.15, -0.1) is 0 Å². The summed E-state index contributed by atoms with van der Waals surface area (Å²) in [5, 5.41) is 11.5. The molecular formula is C17H13FN2O. The van der Waals surface area contributed by atoms with Gasteiger partial charge in [-0.25, -0.2) is 4.39 Å². The molecule has 1 N–H and O–H groups in total. The number of benzene rings is 2. The van der Waals surface area contributed by atoms with E-state index in [9.17, 15) is 9.18 Å². The van der Waals surface area contributed by atoms with E-state index >= 15 is 0 Å². The molecule has 0 aliphatic heterocycles. The Morgan fingerprint density at radius 1 is 1.24 bits per heavy atom. The van der Waals surface area contributed by atoms with Gasteiger partial charge in [-0.1, -0.05) is 30.3 Å². The molecule has 1 saturated carbocycles. The molecule has 3 nitrogen and oxygen atoms in total. The van der Waals surface area contributed by atoms with Gasteiger partial charge in [0.15, 0.2) is 0 Å². The minimum absolute atomic E-state index is 0.0528. The van der Waals surface area contributed by atoms with E-state index in [4.69, 9.17) is 5.26 Å². The molecule has 1 aliphatic rings. The van der Waals surface area contributed by atoms with Crippen LogP contribution in [0.3, 0.4) is 0 Å². The zero-order valence-electron chi connectivity index (χ0n) is 11.2. The van der Waals surface area contributed by atoms with Crippen molar-refractivity contribution in [2.45, 2.75) is 12.3 Å². The van der Waals surface area contributed by atoms with Gasteiger partial charge in [-0.05, 0) is 36.1 Å². The summed E-state index contributed by atoms with van der Waals surface area (Å²) in [6.07, 6.45) is 0.822. The number of nitriles is 1. The summed E-state index contributed by atoms with van der Waals surface area (Å²) >= 11 is 0. The second kappa shape index (κ2) is 5.37. The first-order valence-corrected chi connectivity index (χ1v) is 6.74. The van der Waals surface area contributed by atoms with Crippen molar-refractivity contribution in [1.29, 1.82) is 5.26 Å². The molecule has 2 aromatic rings. The zero-order chi connectivity index (χ0) is 14.8. The molecule has 2 aromatic carbocycles.